The first-order chi connectivity index (χ1) is 7.29. The van der Waals surface area contributed by atoms with E-state index in [4.69, 9.17) is 5.73 Å². The van der Waals surface area contributed by atoms with E-state index in [0.717, 1.165) is 30.0 Å². The zero-order valence-corrected chi connectivity index (χ0v) is 9.89. The Bertz CT molecular complexity index is 312. The third-order valence-corrected chi connectivity index (χ3v) is 3.93. The Balaban J connectivity index is 1.82. The van der Waals surface area contributed by atoms with Gasteiger partial charge < -0.3 is 11.1 Å². The average molecular weight is 226 g/mol. The summed E-state index contributed by atoms with van der Waals surface area (Å²) in [6.07, 6.45) is 3.91. The molecule has 4 nitrogen and oxygen atoms in total. The van der Waals surface area contributed by atoms with Gasteiger partial charge in [-0.15, -0.1) is 0 Å². The van der Waals surface area contributed by atoms with Gasteiger partial charge in [-0.05, 0) is 38.1 Å². The van der Waals surface area contributed by atoms with Gasteiger partial charge in [-0.25, -0.2) is 4.98 Å². The first kappa shape index (κ1) is 10.8. The Kier molecular flexibility index (Phi) is 3.53. The molecule has 0 spiro atoms. The lowest BCUT2D eigenvalue weighted by molar-refractivity contribution is 0.414. The predicted octanol–water partition coefficient (Wildman–Crippen LogP) is 1.63. The van der Waals surface area contributed by atoms with E-state index in [9.17, 15) is 0 Å². The Morgan fingerprint density at radius 2 is 2.27 bits per heavy atom. The summed E-state index contributed by atoms with van der Waals surface area (Å²) < 4.78 is 4.14. The van der Waals surface area contributed by atoms with Crippen LogP contribution >= 0.6 is 11.5 Å². The van der Waals surface area contributed by atoms with Crippen LogP contribution in [0.3, 0.4) is 0 Å². The second-order valence-electron chi connectivity index (χ2n) is 4.21. The molecule has 2 unspecified atom stereocenters. The summed E-state index contributed by atoms with van der Waals surface area (Å²) in [5.74, 6) is 2.27. The molecule has 3 N–H and O–H groups in total. The number of hydrogen-bond acceptors (Lipinski definition) is 5. The van der Waals surface area contributed by atoms with Crippen molar-refractivity contribution in [2.45, 2.75) is 26.2 Å². The highest BCUT2D eigenvalue weighted by Gasteiger charge is 2.25. The van der Waals surface area contributed by atoms with Crippen LogP contribution in [0.1, 0.15) is 25.1 Å². The normalized spacial score (nSPS) is 25.7. The van der Waals surface area contributed by atoms with Crippen LogP contribution < -0.4 is 11.1 Å². The van der Waals surface area contributed by atoms with Gasteiger partial charge in [0.15, 0.2) is 0 Å². The molecule has 1 aliphatic carbocycles. The van der Waals surface area contributed by atoms with Crippen molar-refractivity contribution < 1.29 is 0 Å². The molecular weight excluding hydrogens is 208 g/mol. The van der Waals surface area contributed by atoms with E-state index < -0.39 is 0 Å². The summed E-state index contributed by atoms with van der Waals surface area (Å²) in [4.78, 5) is 4.29. The third kappa shape index (κ3) is 2.66. The molecular formula is C10H18N4S. The van der Waals surface area contributed by atoms with Crippen molar-refractivity contribution in [3.63, 3.8) is 0 Å². The van der Waals surface area contributed by atoms with Crippen molar-refractivity contribution in [1.82, 2.24) is 9.36 Å². The van der Waals surface area contributed by atoms with E-state index in [1.807, 2.05) is 6.92 Å². The van der Waals surface area contributed by atoms with Crippen molar-refractivity contribution in [3.8, 4) is 0 Å². The lowest BCUT2D eigenvalue weighted by Gasteiger charge is -2.17. The molecule has 5 heteroatoms. The number of nitrogens with two attached hydrogens (primary N) is 1. The summed E-state index contributed by atoms with van der Waals surface area (Å²) in [5.41, 5.74) is 5.74. The maximum absolute atomic E-state index is 5.74. The van der Waals surface area contributed by atoms with Crippen molar-refractivity contribution in [2.75, 3.05) is 18.4 Å². The average Bonchev–Trinajstić information content (AvgIpc) is 2.83. The second-order valence-corrected chi connectivity index (χ2v) is 4.97. The maximum Gasteiger partial charge on any atom is 0.202 e. The number of aromatic nitrogens is 2. The fourth-order valence-corrected chi connectivity index (χ4v) is 2.86. The highest BCUT2D eigenvalue weighted by Crippen LogP contribution is 2.31. The SMILES string of the molecule is Cc1nsc(NCC2CCCC2CN)n1. The van der Waals surface area contributed by atoms with Crippen molar-refractivity contribution in [1.29, 1.82) is 0 Å². The van der Waals surface area contributed by atoms with E-state index in [2.05, 4.69) is 14.7 Å². The summed E-state index contributed by atoms with van der Waals surface area (Å²) in [5, 5.41) is 4.30. The lowest BCUT2D eigenvalue weighted by atomic mass is 9.96. The first-order valence-corrected chi connectivity index (χ1v) is 6.31. The van der Waals surface area contributed by atoms with E-state index in [1.54, 1.807) is 0 Å². The Morgan fingerprint density at radius 1 is 1.47 bits per heavy atom. The molecule has 1 aliphatic rings. The zero-order valence-electron chi connectivity index (χ0n) is 9.07. The molecule has 1 fully saturated rings. The molecule has 0 aliphatic heterocycles. The molecule has 0 aromatic carbocycles. The third-order valence-electron chi connectivity index (χ3n) is 3.16. The van der Waals surface area contributed by atoms with Crippen LogP contribution in [0.25, 0.3) is 0 Å². The van der Waals surface area contributed by atoms with Crippen molar-refractivity contribution in [3.05, 3.63) is 5.82 Å². The van der Waals surface area contributed by atoms with E-state index >= 15 is 0 Å². The number of anilines is 1. The first-order valence-electron chi connectivity index (χ1n) is 5.54. The fourth-order valence-electron chi connectivity index (χ4n) is 2.28. The van der Waals surface area contributed by atoms with Gasteiger partial charge in [0.1, 0.15) is 5.82 Å². The summed E-state index contributed by atoms with van der Waals surface area (Å²) in [6, 6.07) is 0. The van der Waals surface area contributed by atoms with Crippen LogP contribution in [-0.4, -0.2) is 22.4 Å². The quantitative estimate of drug-likeness (QED) is 0.819. The molecule has 2 rings (SSSR count). The van der Waals surface area contributed by atoms with Gasteiger partial charge in [-0.2, -0.15) is 4.37 Å². The minimum atomic E-state index is 0.700. The van der Waals surface area contributed by atoms with Crippen molar-refractivity contribution in [2.24, 2.45) is 17.6 Å². The predicted molar refractivity (Wildman–Crippen MR) is 63.0 cm³/mol. The van der Waals surface area contributed by atoms with E-state index in [1.165, 1.54) is 30.8 Å². The Labute approximate surface area is 94.5 Å². The topological polar surface area (TPSA) is 63.8 Å². The van der Waals surface area contributed by atoms with Crippen LogP contribution in [0, 0.1) is 18.8 Å². The van der Waals surface area contributed by atoms with Gasteiger partial charge in [-0.3, -0.25) is 0 Å². The minimum Gasteiger partial charge on any atom is -0.360 e. The monoisotopic (exact) mass is 226 g/mol. The van der Waals surface area contributed by atoms with Crippen LogP contribution in [0.5, 0.6) is 0 Å². The number of aryl methyl sites for hydroxylation is 1. The standard InChI is InChI=1S/C10H18N4S/c1-7-13-10(15-14-7)12-6-9-4-2-3-8(9)5-11/h8-9H,2-6,11H2,1H3,(H,12,13,14). The molecule has 84 valence electrons. The summed E-state index contributed by atoms with van der Waals surface area (Å²) in [7, 11) is 0. The number of nitrogens with zero attached hydrogens (tertiary/aromatic N) is 2. The Hall–Kier alpha value is -0.680. The van der Waals surface area contributed by atoms with Crippen LogP contribution in [0.2, 0.25) is 0 Å². The molecule has 0 bridgehead atoms. The fraction of sp³-hybridized carbons (Fsp3) is 0.800. The van der Waals surface area contributed by atoms with Gasteiger partial charge >= 0.3 is 0 Å². The summed E-state index contributed by atoms with van der Waals surface area (Å²) in [6.45, 7) is 3.73. The van der Waals surface area contributed by atoms with Crippen molar-refractivity contribution >= 4 is 16.7 Å². The van der Waals surface area contributed by atoms with Gasteiger partial charge in [0, 0.05) is 18.1 Å². The molecule has 1 aromatic heterocycles. The second kappa shape index (κ2) is 4.90. The van der Waals surface area contributed by atoms with E-state index in [0.29, 0.717) is 5.92 Å². The zero-order chi connectivity index (χ0) is 10.7. The number of rotatable bonds is 4. The Morgan fingerprint density at radius 3 is 2.93 bits per heavy atom. The minimum absolute atomic E-state index is 0.700. The highest BCUT2D eigenvalue weighted by atomic mass is 32.1. The molecule has 2 atom stereocenters. The highest BCUT2D eigenvalue weighted by molar-refractivity contribution is 7.09. The molecule has 0 amide bonds. The number of nitrogens with one attached hydrogen (secondary N) is 1. The molecule has 15 heavy (non-hydrogen) atoms. The lowest BCUT2D eigenvalue weighted by Crippen LogP contribution is -2.24. The van der Waals surface area contributed by atoms with Gasteiger partial charge in [-0.1, -0.05) is 6.42 Å². The summed E-state index contributed by atoms with van der Waals surface area (Å²) >= 11 is 1.44. The molecule has 1 aromatic rings. The van der Waals surface area contributed by atoms with E-state index in [-0.39, 0.29) is 0 Å². The maximum atomic E-state index is 5.74. The smallest absolute Gasteiger partial charge is 0.202 e. The van der Waals surface area contributed by atoms with Gasteiger partial charge in [0.05, 0.1) is 0 Å². The van der Waals surface area contributed by atoms with Gasteiger partial charge in [0.25, 0.3) is 0 Å². The van der Waals surface area contributed by atoms with Crippen LogP contribution in [0.15, 0.2) is 0 Å². The molecule has 0 radical (unpaired) electrons. The molecule has 1 saturated carbocycles. The van der Waals surface area contributed by atoms with Gasteiger partial charge in [0.2, 0.25) is 5.13 Å². The largest absolute Gasteiger partial charge is 0.360 e. The molecule has 0 saturated heterocycles. The number of hydrogen-bond donors (Lipinski definition) is 2. The van der Waals surface area contributed by atoms with Crippen LogP contribution in [0.4, 0.5) is 5.13 Å². The van der Waals surface area contributed by atoms with Crippen LogP contribution in [-0.2, 0) is 0 Å². The molecule has 1 heterocycles.